The molecule has 2 aliphatic rings. The van der Waals surface area contributed by atoms with E-state index in [4.69, 9.17) is 12.2 Å². The highest BCUT2D eigenvalue weighted by atomic mass is 32.1. The van der Waals surface area contributed by atoms with Crippen LogP contribution in [0.1, 0.15) is 0 Å². The highest BCUT2D eigenvalue weighted by Crippen LogP contribution is 2.29. The van der Waals surface area contributed by atoms with Crippen molar-refractivity contribution in [2.45, 2.75) is 0 Å². The monoisotopic (exact) mass is 302 g/mol. The smallest absolute Gasteiger partial charge is 0.264 e. The second-order valence-electron chi connectivity index (χ2n) is 4.47. The SMILES string of the molecule is O=C1CN(C=C2C(=O)NC(=S)NC2=O)c2ccccc2N1. The molecule has 0 spiro atoms. The molecule has 3 rings (SSSR count). The summed E-state index contributed by atoms with van der Waals surface area (Å²) in [7, 11) is 0. The highest BCUT2D eigenvalue weighted by molar-refractivity contribution is 7.80. The number of benzene rings is 1. The van der Waals surface area contributed by atoms with Crippen molar-refractivity contribution in [1.29, 1.82) is 0 Å². The number of hydrogen-bond donors (Lipinski definition) is 3. The van der Waals surface area contributed by atoms with E-state index in [9.17, 15) is 14.4 Å². The van der Waals surface area contributed by atoms with Gasteiger partial charge in [0.1, 0.15) is 12.1 Å². The molecular formula is C13H10N4O3S. The maximum atomic E-state index is 11.8. The summed E-state index contributed by atoms with van der Waals surface area (Å²) in [6.45, 7) is 0.0194. The molecule has 1 saturated heterocycles. The van der Waals surface area contributed by atoms with E-state index in [-0.39, 0.29) is 23.1 Å². The van der Waals surface area contributed by atoms with Crippen LogP contribution in [-0.4, -0.2) is 29.4 Å². The number of para-hydroxylation sites is 2. The lowest BCUT2D eigenvalue weighted by molar-refractivity contribution is -0.123. The molecule has 3 amide bonds. The van der Waals surface area contributed by atoms with Crippen molar-refractivity contribution in [2.24, 2.45) is 0 Å². The van der Waals surface area contributed by atoms with Crippen LogP contribution in [0.5, 0.6) is 0 Å². The number of carbonyl (C=O) groups excluding carboxylic acids is 3. The van der Waals surface area contributed by atoms with Gasteiger partial charge in [-0.3, -0.25) is 25.0 Å². The number of fused-ring (bicyclic) bond motifs is 1. The first kappa shape index (κ1) is 13.3. The number of carbonyl (C=O) groups is 3. The number of anilines is 2. The van der Waals surface area contributed by atoms with Crippen LogP contribution in [0.25, 0.3) is 0 Å². The van der Waals surface area contributed by atoms with Crippen molar-refractivity contribution in [3.8, 4) is 0 Å². The molecule has 106 valence electrons. The molecule has 0 atom stereocenters. The predicted octanol–water partition coefficient (Wildman–Crippen LogP) is -0.140. The second-order valence-corrected chi connectivity index (χ2v) is 4.88. The molecular weight excluding hydrogens is 292 g/mol. The van der Waals surface area contributed by atoms with Gasteiger partial charge in [0.25, 0.3) is 11.8 Å². The molecule has 1 aromatic rings. The fourth-order valence-electron chi connectivity index (χ4n) is 2.12. The lowest BCUT2D eigenvalue weighted by Crippen LogP contribution is -2.52. The van der Waals surface area contributed by atoms with Gasteiger partial charge in [0.05, 0.1) is 11.4 Å². The van der Waals surface area contributed by atoms with Crippen molar-refractivity contribution < 1.29 is 14.4 Å². The lowest BCUT2D eigenvalue weighted by atomic mass is 10.1. The number of amides is 3. The average Bonchev–Trinajstić information content (AvgIpc) is 2.42. The highest BCUT2D eigenvalue weighted by Gasteiger charge is 2.28. The molecule has 2 heterocycles. The zero-order valence-electron chi connectivity index (χ0n) is 10.7. The molecule has 0 radical (unpaired) electrons. The molecule has 7 nitrogen and oxygen atoms in total. The van der Waals surface area contributed by atoms with Crippen LogP contribution in [0.4, 0.5) is 11.4 Å². The van der Waals surface area contributed by atoms with Crippen LogP contribution >= 0.6 is 12.2 Å². The Hall–Kier alpha value is -2.74. The normalized spacial score (nSPS) is 17.7. The number of nitrogens with zero attached hydrogens (tertiary/aromatic N) is 1. The number of hydrogen-bond acceptors (Lipinski definition) is 5. The third-order valence-electron chi connectivity index (χ3n) is 3.03. The predicted molar refractivity (Wildman–Crippen MR) is 79.4 cm³/mol. The summed E-state index contributed by atoms with van der Waals surface area (Å²) < 4.78 is 0. The van der Waals surface area contributed by atoms with Crippen LogP contribution < -0.4 is 20.9 Å². The van der Waals surface area contributed by atoms with Gasteiger partial charge in [0.2, 0.25) is 5.91 Å². The van der Waals surface area contributed by atoms with Gasteiger partial charge in [-0.05, 0) is 24.4 Å². The van der Waals surface area contributed by atoms with E-state index in [1.165, 1.54) is 6.20 Å². The second kappa shape index (κ2) is 4.98. The Morgan fingerprint density at radius 2 is 1.71 bits per heavy atom. The summed E-state index contributed by atoms with van der Waals surface area (Å²) in [5, 5.41) is 7.40. The first-order valence-corrected chi connectivity index (χ1v) is 6.49. The summed E-state index contributed by atoms with van der Waals surface area (Å²) >= 11 is 4.73. The fraction of sp³-hybridized carbons (Fsp3) is 0.0769. The van der Waals surface area contributed by atoms with E-state index < -0.39 is 11.8 Å². The van der Waals surface area contributed by atoms with Gasteiger partial charge in [0, 0.05) is 6.20 Å². The third kappa shape index (κ3) is 2.48. The standard InChI is InChI=1S/C13H10N4O3S/c18-10-6-17(9-4-2-1-3-8(9)14-10)5-7-11(19)15-13(21)16-12(7)20/h1-5H,6H2,(H,14,18)(H2,15,16,19,20,21). The van der Waals surface area contributed by atoms with E-state index in [1.54, 1.807) is 29.2 Å². The minimum absolute atomic E-state index is 0.0194. The summed E-state index contributed by atoms with van der Waals surface area (Å²) in [5.41, 5.74) is 1.23. The molecule has 3 N–H and O–H groups in total. The maximum absolute atomic E-state index is 11.8. The summed E-state index contributed by atoms with van der Waals surface area (Å²) in [4.78, 5) is 36.9. The maximum Gasteiger partial charge on any atom is 0.264 e. The topological polar surface area (TPSA) is 90.5 Å². The first-order chi connectivity index (χ1) is 10.0. The van der Waals surface area contributed by atoms with Crippen LogP contribution in [0.15, 0.2) is 36.0 Å². The minimum atomic E-state index is -0.591. The van der Waals surface area contributed by atoms with E-state index >= 15 is 0 Å². The Balaban J connectivity index is 1.99. The molecule has 0 aromatic heterocycles. The number of thiocarbonyl (C=S) groups is 1. The van der Waals surface area contributed by atoms with Crippen molar-refractivity contribution in [3.63, 3.8) is 0 Å². The molecule has 21 heavy (non-hydrogen) atoms. The quantitative estimate of drug-likeness (QED) is 0.382. The van der Waals surface area contributed by atoms with Gasteiger partial charge in [-0.25, -0.2) is 0 Å². The van der Waals surface area contributed by atoms with Gasteiger partial charge >= 0.3 is 0 Å². The Labute approximate surface area is 125 Å². The average molecular weight is 302 g/mol. The van der Waals surface area contributed by atoms with E-state index in [0.717, 1.165) is 0 Å². The van der Waals surface area contributed by atoms with Crippen molar-refractivity contribution in [1.82, 2.24) is 10.6 Å². The largest absolute Gasteiger partial charge is 0.336 e. The minimum Gasteiger partial charge on any atom is -0.336 e. The van der Waals surface area contributed by atoms with Crippen LogP contribution in [0, 0.1) is 0 Å². The van der Waals surface area contributed by atoms with E-state index in [1.807, 2.05) is 0 Å². The Morgan fingerprint density at radius 3 is 2.43 bits per heavy atom. The van der Waals surface area contributed by atoms with Gasteiger partial charge in [0.15, 0.2) is 5.11 Å². The molecule has 8 heteroatoms. The zero-order chi connectivity index (χ0) is 15.0. The molecule has 0 aliphatic carbocycles. The molecule has 0 unspecified atom stereocenters. The van der Waals surface area contributed by atoms with Gasteiger partial charge in [-0.15, -0.1) is 0 Å². The molecule has 2 aliphatic heterocycles. The van der Waals surface area contributed by atoms with E-state index in [2.05, 4.69) is 16.0 Å². The van der Waals surface area contributed by atoms with Crippen molar-refractivity contribution >= 4 is 46.4 Å². The Morgan fingerprint density at radius 1 is 1.05 bits per heavy atom. The third-order valence-corrected chi connectivity index (χ3v) is 3.23. The Bertz CT molecular complexity index is 691. The fourth-order valence-corrected chi connectivity index (χ4v) is 2.31. The summed E-state index contributed by atoms with van der Waals surface area (Å²) in [6, 6.07) is 7.12. The van der Waals surface area contributed by atoms with Gasteiger partial charge in [-0.1, -0.05) is 12.1 Å². The Kier molecular flexibility index (Phi) is 3.15. The lowest BCUT2D eigenvalue weighted by Gasteiger charge is -2.29. The first-order valence-electron chi connectivity index (χ1n) is 6.08. The number of nitrogens with one attached hydrogen (secondary N) is 3. The van der Waals surface area contributed by atoms with Crippen LogP contribution in [0.3, 0.4) is 0 Å². The molecule has 0 bridgehead atoms. The van der Waals surface area contributed by atoms with Crippen LogP contribution in [-0.2, 0) is 14.4 Å². The summed E-state index contributed by atoms with van der Waals surface area (Å²) in [6.07, 6.45) is 1.35. The molecule has 0 saturated carbocycles. The van der Waals surface area contributed by atoms with Crippen LogP contribution in [0.2, 0.25) is 0 Å². The molecule has 1 fully saturated rings. The zero-order valence-corrected chi connectivity index (χ0v) is 11.5. The van der Waals surface area contributed by atoms with Crippen molar-refractivity contribution in [3.05, 3.63) is 36.0 Å². The summed E-state index contributed by atoms with van der Waals surface area (Å²) in [5.74, 6) is -1.41. The van der Waals surface area contributed by atoms with E-state index in [0.29, 0.717) is 11.4 Å². The van der Waals surface area contributed by atoms with Crippen molar-refractivity contribution in [2.75, 3.05) is 16.8 Å². The molecule has 1 aromatic carbocycles. The van der Waals surface area contributed by atoms with Gasteiger partial charge in [-0.2, -0.15) is 0 Å². The number of rotatable bonds is 1. The van der Waals surface area contributed by atoms with Gasteiger partial charge < -0.3 is 10.2 Å².